The predicted octanol–water partition coefficient (Wildman–Crippen LogP) is -8.28. The molecule has 0 aromatic rings. The van der Waals surface area contributed by atoms with Crippen LogP contribution in [0.4, 0.5) is 0 Å². The normalized spacial score (nSPS) is 9.09. The molecular formula is C6H16NaO14P. The summed E-state index contributed by atoms with van der Waals surface area (Å²) >= 11 is 0. The van der Waals surface area contributed by atoms with Gasteiger partial charge in [-0.1, -0.05) is 0 Å². The summed E-state index contributed by atoms with van der Waals surface area (Å²) in [6.07, 6.45) is -2.29. The fourth-order valence-corrected chi connectivity index (χ4v) is 0.714. The zero-order valence-corrected chi connectivity index (χ0v) is 14.0. The third-order valence-corrected chi connectivity index (χ3v) is 1.29. The minimum absolute atomic E-state index is 0. The van der Waals surface area contributed by atoms with Crippen molar-refractivity contribution in [2.24, 2.45) is 0 Å². The molecule has 0 fully saturated rings. The van der Waals surface area contributed by atoms with E-state index in [1.165, 1.54) is 0 Å². The molecule has 0 aliphatic rings. The first-order valence-corrected chi connectivity index (χ1v) is 5.47. The largest absolute Gasteiger partial charge is 1.00 e. The summed E-state index contributed by atoms with van der Waals surface area (Å²) in [5.74, 6) is -5.02. The van der Waals surface area contributed by atoms with E-state index in [1.54, 1.807) is 0 Å². The molecule has 0 aromatic carbocycles. The van der Waals surface area contributed by atoms with Crippen LogP contribution in [0.5, 0.6) is 0 Å². The molecule has 0 saturated heterocycles. The molecule has 0 bridgehead atoms. The third-order valence-electron chi connectivity index (χ3n) is 1.29. The van der Waals surface area contributed by atoms with Crippen molar-refractivity contribution in [2.45, 2.75) is 18.4 Å². The van der Waals surface area contributed by atoms with E-state index in [0.717, 1.165) is 0 Å². The average molecular weight is 366 g/mol. The molecule has 0 aromatic heterocycles. The second-order valence-corrected chi connectivity index (χ2v) is 3.95. The van der Waals surface area contributed by atoms with Crippen LogP contribution in [0.2, 0.25) is 0 Å². The van der Waals surface area contributed by atoms with E-state index in [1.807, 2.05) is 0 Å². The zero-order chi connectivity index (χ0) is 15.1. The summed E-state index contributed by atoms with van der Waals surface area (Å²) in [4.78, 5) is 53.4. The van der Waals surface area contributed by atoms with Gasteiger partial charge in [0, 0.05) is 0 Å². The average Bonchev–Trinajstić information content (AvgIpc) is 1.95. The molecule has 0 amide bonds. The van der Waals surface area contributed by atoms with Crippen molar-refractivity contribution in [1.29, 1.82) is 0 Å². The number of phosphoric acid groups is 1. The Morgan fingerprint density at radius 1 is 0.909 bits per heavy atom. The van der Waals surface area contributed by atoms with Crippen LogP contribution in [0.25, 0.3) is 0 Å². The van der Waals surface area contributed by atoms with E-state index in [0.29, 0.717) is 0 Å². The molecule has 130 valence electrons. The standard InChI is InChI=1S/C6H8O7.Na.H3O4P.3H2O/c7-3(8)1-6(13,5(11)12)2-4(9)10;;1-5(2,3)4;;;/h13H,1-2H2,(H,7,8)(H,9,10)(H,11,12);;(H3,1,2,3,4);3*1H2/q;+1;;;;/p-1. The van der Waals surface area contributed by atoms with Gasteiger partial charge in [0.15, 0.2) is 5.60 Å². The van der Waals surface area contributed by atoms with Crippen LogP contribution in [-0.2, 0) is 18.9 Å². The van der Waals surface area contributed by atoms with Gasteiger partial charge in [-0.15, -0.1) is 0 Å². The number of aliphatic hydroxyl groups is 1. The third kappa shape index (κ3) is 27.7. The molecule has 0 spiro atoms. The quantitative estimate of drug-likeness (QED) is 0.196. The van der Waals surface area contributed by atoms with Crippen LogP contribution in [0.15, 0.2) is 0 Å². The van der Waals surface area contributed by atoms with Gasteiger partial charge >= 0.3 is 47.5 Å². The van der Waals surface area contributed by atoms with Crippen LogP contribution in [0.3, 0.4) is 0 Å². The topological polar surface area (TPSA) is 307 Å². The maximum atomic E-state index is 10.3. The van der Waals surface area contributed by atoms with E-state index >= 15 is 0 Å². The number of carboxylic acid groups (broad SMARTS) is 3. The first kappa shape index (κ1) is 37.5. The Balaban J connectivity index is -0.0000000627. The summed E-state index contributed by atoms with van der Waals surface area (Å²) in [5, 5.41) is 33.8. The van der Waals surface area contributed by atoms with Gasteiger partial charge < -0.3 is 51.5 Å². The predicted molar refractivity (Wildman–Crippen MR) is 60.0 cm³/mol. The van der Waals surface area contributed by atoms with Crippen molar-refractivity contribution >= 4 is 25.7 Å². The molecule has 0 atom stereocenters. The molecule has 0 aliphatic heterocycles. The number of hydrogen-bond acceptors (Lipinski definition) is 6. The van der Waals surface area contributed by atoms with Gasteiger partial charge in [0.25, 0.3) is 7.82 Å². The molecule has 0 unspecified atom stereocenters. The molecule has 22 heavy (non-hydrogen) atoms. The number of carboxylic acids is 3. The molecule has 0 saturated carbocycles. The number of hydrogen-bond donors (Lipinski definition) is 6. The maximum Gasteiger partial charge on any atom is 1.00 e. The molecule has 14 nitrogen and oxygen atoms in total. The van der Waals surface area contributed by atoms with Gasteiger partial charge in [-0.3, -0.25) is 14.2 Å². The van der Waals surface area contributed by atoms with Crippen LogP contribution in [0, 0.1) is 0 Å². The fourth-order valence-electron chi connectivity index (χ4n) is 0.714. The Kier molecular flexibility index (Phi) is 26.0. The molecule has 0 heterocycles. The number of carbonyl (C=O) groups is 3. The van der Waals surface area contributed by atoms with Crippen LogP contribution in [0.1, 0.15) is 12.8 Å². The summed E-state index contributed by atoms with van der Waals surface area (Å²) in [5.41, 5.74) is -2.74. The first-order chi connectivity index (χ1) is 7.78. The van der Waals surface area contributed by atoms with E-state index < -0.39 is 44.2 Å². The molecule has 0 rings (SSSR count). The Bertz CT molecular complexity index is 351. The van der Waals surface area contributed by atoms with Crippen molar-refractivity contribution in [2.75, 3.05) is 0 Å². The van der Waals surface area contributed by atoms with Crippen LogP contribution < -0.4 is 34.5 Å². The fraction of sp³-hybridized carbons (Fsp3) is 0.500. The zero-order valence-electron chi connectivity index (χ0n) is 11.1. The summed E-state index contributed by atoms with van der Waals surface area (Å²) in [6.45, 7) is 0. The van der Waals surface area contributed by atoms with Crippen molar-refractivity contribution in [3.8, 4) is 0 Å². The molecule has 16 heteroatoms. The van der Waals surface area contributed by atoms with Crippen molar-refractivity contribution in [1.82, 2.24) is 0 Å². The Labute approximate surface area is 144 Å². The molecular weight excluding hydrogens is 350 g/mol. The van der Waals surface area contributed by atoms with Gasteiger partial charge in [-0.25, -0.2) is 4.79 Å². The first-order valence-electron chi connectivity index (χ1n) is 3.94. The van der Waals surface area contributed by atoms with Crippen molar-refractivity contribution in [3.05, 3.63) is 0 Å². The van der Waals surface area contributed by atoms with Gasteiger partial charge in [0.2, 0.25) is 0 Å². The van der Waals surface area contributed by atoms with E-state index in [4.69, 9.17) is 39.7 Å². The van der Waals surface area contributed by atoms with Gasteiger partial charge in [-0.2, -0.15) is 0 Å². The van der Waals surface area contributed by atoms with E-state index in [9.17, 15) is 14.4 Å². The van der Waals surface area contributed by atoms with Crippen LogP contribution >= 0.6 is 7.82 Å². The second-order valence-electron chi connectivity index (χ2n) is 2.97. The minimum atomic E-state index is -4.89. The SMILES string of the molecule is O.O.O.O=C(O)CC(O)(CC(=O)O)C(=O)O.O=P([O-])(O)O.[Na+]. The molecule has 0 aliphatic carbocycles. The van der Waals surface area contributed by atoms with Gasteiger partial charge in [0.05, 0.1) is 12.8 Å². The van der Waals surface area contributed by atoms with E-state index in [2.05, 4.69) is 0 Å². The van der Waals surface area contributed by atoms with Crippen molar-refractivity contribution < 1.29 is 100 Å². The molecule has 0 radical (unpaired) electrons. The van der Waals surface area contributed by atoms with Gasteiger partial charge in [-0.05, 0) is 0 Å². The minimum Gasteiger partial charge on any atom is -0.756 e. The van der Waals surface area contributed by atoms with Crippen LogP contribution in [-0.4, -0.2) is 70.2 Å². The Morgan fingerprint density at radius 2 is 1.09 bits per heavy atom. The van der Waals surface area contributed by atoms with Crippen molar-refractivity contribution in [3.63, 3.8) is 0 Å². The smallest absolute Gasteiger partial charge is 0.756 e. The van der Waals surface area contributed by atoms with E-state index in [-0.39, 0.29) is 46.0 Å². The van der Waals surface area contributed by atoms with Gasteiger partial charge in [0.1, 0.15) is 0 Å². The number of aliphatic carboxylic acids is 3. The molecule has 12 N–H and O–H groups in total. The maximum absolute atomic E-state index is 10.3. The number of rotatable bonds is 5. The summed E-state index contributed by atoms with van der Waals surface area (Å²) in [6, 6.07) is 0. The monoisotopic (exact) mass is 366 g/mol. The Hall–Kier alpha value is -0.640. The summed E-state index contributed by atoms with van der Waals surface area (Å²) in [7, 11) is -4.89. The second kappa shape index (κ2) is 15.3. The Morgan fingerprint density at radius 3 is 1.18 bits per heavy atom. The summed E-state index contributed by atoms with van der Waals surface area (Å²) < 4.78 is 8.77.